The molecule has 1 aromatic carbocycles. The Bertz CT molecular complexity index is 385. The zero-order valence-corrected chi connectivity index (χ0v) is 8.59. The van der Waals surface area contributed by atoms with E-state index in [1.807, 2.05) is 0 Å². The Balaban J connectivity index is 2.67. The highest BCUT2D eigenvalue weighted by molar-refractivity contribution is 5.75. The van der Waals surface area contributed by atoms with Gasteiger partial charge in [0.2, 0.25) is 0 Å². The van der Waals surface area contributed by atoms with Crippen LogP contribution in [-0.2, 0) is 16.0 Å². The number of hydrogen-bond donors (Lipinski definition) is 3. The normalized spacial score (nSPS) is 12.1. The summed E-state index contributed by atoms with van der Waals surface area (Å²) in [6.07, 6.45) is 0.488. The fraction of sp³-hybridized carbons (Fsp3) is 0.273. The van der Waals surface area contributed by atoms with E-state index in [1.165, 1.54) is 0 Å². The Kier molecular flexibility index (Phi) is 4.02. The van der Waals surface area contributed by atoms with Crippen LogP contribution in [0.25, 0.3) is 0 Å². The molecule has 1 atom stereocenters. The Morgan fingerprint density at radius 1 is 1.19 bits per heavy atom. The minimum Gasteiger partial charge on any atom is -0.481 e. The minimum atomic E-state index is -1.08. The highest BCUT2D eigenvalue weighted by atomic mass is 16.4. The third-order valence-corrected chi connectivity index (χ3v) is 2.23. The molecular weight excluding hydrogens is 210 g/mol. The molecule has 0 bridgehead atoms. The zero-order valence-electron chi connectivity index (χ0n) is 8.59. The van der Waals surface area contributed by atoms with Gasteiger partial charge < -0.3 is 15.9 Å². The average Bonchev–Trinajstić information content (AvgIpc) is 2.26. The van der Waals surface area contributed by atoms with Crippen LogP contribution in [0.3, 0.4) is 0 Å². The molecule has 0 heterocycles. The van der Waals surface area contributed by atoms with Crippen LogP contribution in [0.15, 0.2) is 24.3 Å². The monoisotopic (exact) mass is 223 g/mol. The fourth-order valence-electron chi connectivity index (χ4n) is 1.29. The molecule has 0 aliphatic heterocycles. The maximum Gasteiger partial charge on any atom is 0.325 e. The molecule has 0 aliphatic carbocycles. The van der Waals surface area contributed by atoms with Gasteiger partial charge in [-0.2, -0.15) is 0 Å². The first-order valence-corrected chi connectivity index (χ1v) is 4.79. The van der Waals surface area contributed by atoms with Crippen LogP contribution in [0, 0.1) is 0 Å². The molecule has 0 spiro atoms. The van der Waals surface area contributed by atoms with Gasteiger partial charge in [0, 0.05) is 6.42 Å². The van der Waals surface area contributed by atoms with Gasteiger partial charge in [0.15, 0.2) is 0 Å². The second-order valence-electron chi connectivity index (χ2n) is 3.45. The van der Waals surface area contributed by atoms with Crippen LogP contribution in [0.5, 0.6) is 0 Å². The highest BCUT2D eigenvalue weighted by Crippen LogP contribution is 2.12. The van der Waals surface area contributed by atoms with Gasteiger partial charge in [-0.3, -0.25) is 9.59 Å². The van der Waals surface area contributed by atoms with Crippen LogP contribution in [0.4, 0.5) is 0 Å². The lowest BCUT2D eigenvalue weighted by atomic mass is 10.0. The lowest BCUT2D eigenvalue weighted by Crippen LogP contribution is -2.20. The van der Waals surface area contributed by atoms with Crippen molar-refractivity contribution < 1.29 is 19.8 Å². The number of carbonyl (C=O) groups is 2. The summed E-state index contributed by atoms with van der Waals surface area (Å²) in [4.78, 5) is 20.9. The Hall–Kier alpha value is -1.88. The molecule has 0 fully saturated rings. The number of aliphatic carboxylic acids is 2. The molecule has 1 rings (SSSR count). The Morgan fingerprint density at radius 3 is 2.19 bits per heavy atom. The van der Waals surface area contributed by atoms with Crippen molar-refractivity contribution in [2.45, 2.75) is 18.9 Å². The number of carboxylic acid groups (broad SMARTS) is 2. The van der Waals surface area contributed by atoms with E-state index >= 15 is 0 Å². The molecule has 16 heavy (non-hydrogen) atoms. The quantitative estimate of drug-likeness (QED) is 0.685. The molecule has 0 amide bonds. The van der Waals surface area contributed by atoms with Gasteiger partial charge >= 0.3 is 11.9 Å². The Labute approximate surface area is 92.5 Å². The molecule has 5 heteroatoms. The molecule has 1 aromatic rings. The van der Waals surface area contributed by atoms with Gasteiger partial charge in [0.05, 0.1) is 0 Å². The first kappa shape index (κ1) is 12.2. The van der Waals surface area contributed by atoms with Crippen LogP contribution >= 0.6 is 0 Å². The lowest BCUT2D eigenvalue weighted by Gasteiger charge is -2.07. The number of aryl methyl sites for hydroxylation is 1. The lowest BCUT2D eigenvalue weighted by molar-refractivity contribution is -0.139. The molecule has 0 saturated heterocycles. The predicted molar refractivity (Wildman–Crippen MR) is 57.0 cm³/mol. The van der Waals surface area contributed by atoms with Crippen molar-refractivity contribution >= 4 is 11.9 Å². The van der Waals surface area contributed by atoms with Crippen LogP contribution in [-0.4, -0.2) is 22.2 Å². The second kappa shape index (κ2) is 5.27. The molecular formula is C11H13NO4. The van der Waals surface area contributed by atoms with Gasteiger partial charge in [-0.25, -0.2) is 0 Å². The van der Waals surface area contributed by atoms with Crippen molar-refractivity contribution in [1.82, 2.24) is 0 Å². The first-order chi connectivity index (χ1) is 7.50. The molecule has 1 unspecified atom stereocenters. The molecule has 0 radical (unpaired) electrons. The van der Waals surface area contributed by atoms with Gasteiger partial charge in [0.25, 0.3) is 0 Å². The minimum absolute atomic E-state index is 0.0599. The second-order valence-corrected chi connectivity index (χ2v) is 3.45. The summed E-state index contributed by atoms with van der Waals surface area (Å²) in [6.45, 7) is 0. The number of hydrogen-bond acceptors (Lipinski definition) is 3. The van der Waals surface area contributed by atoms with Crippen molar-refractivity contribution in [1.29, 1.82) is 0 Å². The number of rotatable bonds is 5. The molecule has 0 aliphatic rings. The van der Waals surface area contributed by atoms with Crippen molar-refractivity contribution in [3.05, 3.63) is 35.4 Å². The van der Waals surface area contributed by atoms with Crippen molar-refractivity contribution in [2.24, 2.45) is 5.73 Å². The standard InChI is InChI=1S/C11H13NO4/c12-10(11(15)16)8-4-1-7(2-5-8)3-6-9(13)14/h1-2,4-5,10H,3,6,12H2,(H,13,14)(H,15,16). The SMILES string of the molecule is NC(C(=O)O)c1ccc(CCC(=O)O)cc1. The topological polar surface area (TPSA) is 101 Å². The summed E-state index contributed by atoms with van der Waals surface area (Å²) < 4.78 is 0. The summed E-state index contributed by atoms with van der Waals surface area (Å²) in [5.74, 6) is -1.94. The summed E-state index contributed by atoms with van der Waals surface area (Å²) in [5.41, 5.74) is 6.77. The van der Waals surface area contributed by atoms with Crippen molar-refractivity contribution in [3.63, 3.8) is 0 Å². The van der Waals surface area contributed by atoms with Gasteiger partial charge in [0.1, 0.15) is 6.04 Å². The smallest absolute Gasteiger partial charge is 0.325 e. The van der Waals surface area contributed by atoms with E-state index in [4.69, 9.17) is 15.9 Å². The Morgan fingerprint density at radius 2 is 1.75 bits per heavy atom. The third kappa shape index (κ3) is 3.36. The van der Waals surface area contributed by atoms with Crippen LogP contribution in [0.2, 0.25) is 0 Å². The third-order valence-electron chi connectivity index (χ3n) is 2.23. The van der Waals surface area contributed by atoms with E-state index in [0.717, 1.165) is 5.56 Å². The summed E-state index contributed by atoms with van der Waals surface area (Å²) in [6, 6.07) is 5.57. The van der Waals surface area contributed by atoms with E-state index in [0.29, 0.717) is 12.0 Å². The van der Waals surface area contributed by atoms with Gasteiger partial charge in [-0.15, -0.1) is 0 Å². The van der Waals surface area contributed by atoms with E-state index in [9.17, 15) is 9.59 Å². The molecule has 0 aromatic heterocycles. The van der Waals surface area contributed by atoms with Crippen LogP contribution in [0.1, 0.15) is 23.6 Å². The summed E-state index contributed by atoms with van der Waals surface area (Å²) >= 11 is 0. The van der Waals surface area contributed by atoms with Crippen molar-refractivity contribution in [2.75, 3.05) is 0 Å². The highest BCUT2D eigenvalue weighted by Gasteiger charge is 2.13. The summed E-state index contributed by atoms with van der Waals surface area (Å²) in [5, 5.41) is 17.2. The van der Waals surface area contributed by atoms with Crippen LogP contribution < -0.4 is 5.73 Å². The largest absolute Gasteiger partial charge is 0.481 e. The van der Waals surface area contributed by atoms with Crippen molar-refractivity contribution in [3.8, 4) is 0 Å². The summed E-state index contributed by atoms with van der Waals surface area (Å²) in [7, 11) is 0. The zero-order chi connectivity index (χ0) is 12.1. The van der Waals surface area contributed by atoms with E-state index in [-0.39, 0.29) is 6.42 Å². The fourth-order valence-corrected chi connectivity index (χ4v) is 1.29. The van der Waals surface area contributed by atoms with Gasteiger partial charge in [-0.1, -0.05) is 24.3 Å². The number of carboxylic acids is 2. The molecule has 4 N–H and O–H groups in total. The predicted octanol–water partition coefficient (Wildman–Crippen LogP) is 0.788. The molecule has 86 valence electrons. The first-order valence-electron chi connectivity index (χ1n) is 4.79. The number of nitrogens with two attached hydrogens (primary N) is 1. The molecule has 5 nitrogen and oxygen atoms in total. The average molecular weight is 223 g/mol. The molecule has 0 saturated carbocycles. The maximum absolute atomic E-state index is 10.6. The maximum atomic E-state index is 10.6. The van der Waals surface area contributed by atoms with E-state index < -0.39 is 18.0 Å². The van der Waals surface area contributed by atoms with E-state index in [2.05, 4.69) is 0 Å². The van der Waals surface area contributed by atoms with Gasteiger partial charge in [-0.05, 0) is 17.5 Å². The van der Waals surface area contributed by atoms with E-state index in [1.54, 1.807) is 24.3 Å². The number of benzene rings is 1.